The third-order valence-electron chi connectivity index (χ3n) is 7.02. The molecule has 0 N–H and O–H groups in total. The van der Waals surface area contributed by atoms with Gasteiger partial charge < -0.3 is 9.64 Å². The molecular weight excluding hydrogens is 356 g/mol. The summed E-state index contributed by atoms with van der Waals surface area (Å²) in [5.41, 5.74) is 3.76. The first-order valence-corrected chi connectivity index (χ1v) is 11.9. The van der Waals surface area contributed by atoms with Crippen molar-refractivity contribution in [1.82, 2.24) is 4.90 Å². The van der Waals surface area contributed by atoms with E-state index in [9.17, 15) is 0 Å². The summed E-state index contributed by atoms with van der Waals surface area (Å²) in [6.07, 6.45) is 7.86. The van der Waals surface area contributed by atoms with Crippen LogP contribution < -0.4 is 9.64 Å². The first-order chi connectivity index (χ1) is 13.7. The zero-order valence-electron chi connectivity index (χ0n) is 19.9. The molecule has 0 radical (unpaired) electrons. The van der Waals surface area contributed by atoms with Crippen LogP contribution in [0.2, 0.25) is 0 Å². The molecule has 1 saturated heterocycles. The maximum atomic E-state index is 5.64. The second-order valence-corrected chi connectivity index (χ2v) is 11.1. The molecule has 2 fully saturated rings. The Bertz CT molecular complexity index is 643. The van der Waals surface area contributed by atoms with Crippen molar-refractivity contribution in [3.8, 4) is 5.75 Å². The number of methoxy groups -OCH3 is 1. The molecule has 0 atom stereocenters. The molecular formula is C26H44N2O. The molecule has 1 aliphatic carbocycles. The van der Waals surface area contributed by atoms with E-state index in [2.05, 4.69) is 62.6 Å². The lowest BCUT2D eigenvalue weighted by atomic mass is 9.60. The normalized spacial score (nSPS) is 22.6. The summed E-state index contributed by atoms with van der Waals surface area (Å²) in [5.74, 6) is 1.62. The Labute approximate surface area is 179 Å². The van der Waals surface area contributed by atoms with Crippen molar-refractivity contribution < 1.29 is 4.74 Å². The molecule has 0 bridgehead atoms. The molecule has 1 aromatic carbocycles. The van der Waals surface area contributed by atoms with Crippen molar-refractivity contribution in [2.24, 2.45) is 10.8 Å². The lowest BCUT2D eigenvalue weighted by Crippen LogP contribution is -2.47. The first kappa shape index (κ1) is 22.5. The highest BCUT2D eigenvalue weighted by molar-refractivity contribution is 5.58. The van der Waals surface area contributed by atoms with E-state index in [0.29, 0.717) is 16.7 Å². The Morgan fingerprint density at radius 3 is 2.21 bits per heavy atom. The number of unbranched alkanes of at least 4 members (excludes halogenated alkanes) is 2. The molecule has 0 amide bonds. The molecule has 1 saturated carbocycles. The highest BCUT2D eigenvalue weighted by atomic mass is 16.5. The van der Waals surface area contributed by atoms with Gasteiger partial charge in [-0.3, -0.25) is 4.90 Å². The molecule has 1 aliphatic heterocycles. The molecule has 3 nitrogen and oxygen atoms in total. The SMILES string of the molecule is CCCCCN1CCN(c2ccc(OC)cc2C2CC(C)(C)CC(C)(C)C2)CC1. The van der Waals surface area contributed by atoms with E-state index < -0.39 is 0 Å². The van der Waals surface area contributed by atoms with Crippen LogP contribution in [-0.4, -0.2) is 44.7 Å². The van der Waals surface area contributed by atoms with Gasteiger partial charge in [-0.2, -0.15) is 0 Å². The number of piperazine rings is 1. The van der Waals surface area contributed by atoms with E-state index in [1.165, 1.54) is 69.4 Å². The highest BCUT2D eigenvalue weighted by Crippen LogP contribution is 2.53. The standard InChI is InChI=1S/C26H44N2O/c1-7-8-9-12-27-13-15-28(16-14-27)24-11-10-22(29-6)17-23(24)21-18-25(2,3)20-26(4,5)19-21/h10-11,17,21H,7-9,12-16,18-20H2,1-6H3. The minimum Gasteiger partial charge on any atom is -0.497 e. The van der Waals surface area contributed by atoms with Crippen LogP contribution in [-0.2, 0) is 0 Å². The Kier molecular flexibility index (Phi) is 7.19. The quantitative estimate of drug-likeness (QED) is 0.498. The van der Waals surface area contributed by atoms with Crippen molar-refractivity contribution in [3.63, 3.8) is 0 Å². The van der Waals surface area contributed by atoms with E-state index >= 15 is 0 Å². The third-order valence-corrected chi connectivity index (χ3v) is 7.02. The molecule has 1 heterocycles. The molecule has 0 unspecified atom stereocenters. The van der Waals surface area contributed by atoms with Crippen LogP contribution in [0.1, 0.15) is 84.6 Å². The number of anilines is 1. The van der Waals surface area contributed by atoms with Crippen LogP contribution >= 0.6 is 0 Å². The minimum absolute atomic E-state index is 0.394. The average Bonchev–Trinajstić information content (AvgIpc) is 2.66. The lowest BCUT2D eigenvalue weighted by Gasteiger charge is -2.46. The topological polar surface area (TPSA) is 15.7 Å². The maximum Gasteiger partial charge on any atom is 0.119 e. The average molecular weight is 401 g/mol. The fourth-order valence-corrected chi connectivity index (χ4v) is 6.14. The van der Waals surface area contributed by atoms with Gasteiger partial charge in [0, 0.05) is 31.9 Å². The highest BCUT2D eigenvalue weighted by Gasteiger charge is 2.40. The molecule has 0 aromatic heterocycles. The number of hydrogen-bond acceptors (Lipinski definition) is 3. The summed E-state index contributed by atoms with van der Waals surface area (Å²) in [7, 11) is 1.79. The number of benzene rings is 1. The molecule has 164 valence electrons. The number of nitrogens with zero attached hydrogens (tertiary/aromatic N) is 2. The molecule has 1 aromatic rings. The summed E-state index contributed by atoms with van der Waals surface area (Å²) in [6, 6.07) is 6.83. The maximum absolute atomic E-state index is 5.64. The summed E-state index contributed by atoms with van der Waals surface area (Å²) in [6.45, 7) is 18.0. The van der Waals surface area contributed by atoms with Crippen molar-refractivity contribution in [3.05, 3.63) is 23.8 Å². The van der Waals surface area contributed by atoms with Gasteiger partial charge in [-0.05, 0) is 72.7 Å². The van der Waals surface area contributed by atoms with Crippen molar-refractivity contribution in [2.45, 2.75) is 79.1 Å². The molecule has 3 rings (SSSR count). The van der Waals surface area contributed by atoms with Crippen LogP contribution in [0.5, 0.6) is 5.75 Å². The van der Waals surface area contributed by atoms with Crippen molar-refractivity contribution in [1.29, 1.82) is 0 Å². The predicted octanol–water partition coefficient (Wildman–Crippen LogP) is 6.33. The van der Waals surface area contributed by atoms with Crippen LogP contribution in [0.15, 0.2) is 18.2 Å². The largest absolute Gasteiger partial charge is 0.497 e. The molecule has 29 heavy (non-hydrogen) atoms. The second kappa shape index (κ2) is 9.29. The fourth-order valence-electron chi connectivity index (χ4n) is 6.14. The molecule has 0 spiro atoms. The van der Waals surface area contributed by atoms with E-state index in [4.69, 9.17) is 4.74 Å². The lowest BCUT2D eigenvalue weighted by molar-refractivity contribution is 0.0969. The van der Waals surface area contributed by atoms with Gasteiger partial charge in [0.25, 0.3) is 0 Å². The van der Waals surface area contributed by atoms with Gasteiger partial charge in [-0.1, -0.05) is 47.5 Å². The van der Waals surface area contributed by atoms with Gasteiger partial charge >= 0.3 is 0 Å². The number of hydrogen-bond donors (Lipinski definition) is 0. The molecule has 3 heteroatoms. The van der Waals surface area contributed by atoms with Crippen LogP contribution in [0.4, 0.5) is 5.69 Å². The van der Waals surface area contributed by atoms with Gasteiger partial charge in [-0.15, -0.1) is 0 Å². The van der Waals surface area contributed by atoms with Gasteiger partial charge in [0.2, 0.25) is 0 Å². The van der Waals surface area contributed by atoms with Crippen LogP contribution in [0.25, 0.3) is 0 Å². The van der Waals surface area contributed by atoms with Crippen molar-refractivity contribution >= 4 is 5.69 Å². The number of ether oxygens (including phenoxy) is 1. The summed E-state index contributed by atoms with van der Waals surface area (Å²) in [5, 5.41) is 0. The Hall–Kier alpha value is -1.22. The summed E-state index contributed by atoms with van der Waals surface area (Å²) in [4.78, 5) is 5.29. The van der Waals surface area contributed by atoms with E-state index in [1.54, 1.807) is 7.11 Å². The van der Waals surface area contributed by atoms with E-state index in [-0.39, 0.29) is 0 Å². The smallest absolute Gasteiger partial charge is 0.119 e. The monoisotopic (exact) mass is 400 g/mol. The molecule has 2 aliphatic rings. The van der Waals surface area contributed by atoms with Gasteiger partial charge in [0.15, 0.2) is 0 Å². The summed E-state index contributed by atoms with van der Waals surface area (Å²) < 4.78 is 5.64. The zero-order chi connectivity index (χ0) is 21.1. The van der Waals surface area contributed by atoms with E-state index in [1.807, 2.05) is 0 Å². The predicted molar refractivity (Wildman–Crippen MR) is 125 cm³/mol. The minimum atomic E-state index is 0.394. The zero-order valence-corrected chi connectivity index (χ0v) is 19.9. The fraction of sp³-hybridized carbons (Fsp3) is 0.769. The Morgan fingerprint density at radius 1 is 0.966 bits per heavy atom. The first-order valence-electron chi connectivity index (χ1n) is 11.9. The third kappa shape index (κ3) is 5.90. The number of rotatable bonds is 7. The van der Waals surface area contributed by atoms with Crippen molar-refractivity contribution in [2.75, 3.05) is 44.7 Å². The second-order valence-electron chi connectivity index (χ2n) is 11.1. The summed E-state index contributed by atoms with van der Waals surface area (Å²) >= 11 is 0. The van der Waals surface area contributed by atoms with Gasteiger partial charge in [-0.25, -0.2) is 0 Å². The van der Waals surface area contributed by atoms with Crippen LogP contribution in [0.3, 0.4) is 0 Å². The van der Waals surface area contributed by atoms with Gasteiger partial charge in [0.05, 0.1) is 7.11 Å². The van der Waals surface area contributed by atoms with E-state index in [0.717, 1.165) is 18.8 Å². The Balaban J connectivity index is 1.78. The Morgan fingerprint density at radius 2 is 1.62 bits per heavy atom. The van der Waals surface area contributed by atoms with Gasteiger partial charge in [0.1, 0.15) is 5.75 Å². The van der Waals surface area contributed by atoms with Crippen LogP contribution in [0, 0.1) is 10.8 Å².